The molecule has 1 aromatic rings. The molecule has 2 amide bonds. The summed E-state index contributed by atoms with van der Waals surface area (Å²) in [6, 6.07) is 4.98. The molecule has 0 bridgehead atoms. The summed E-state index contributed by atoms with van der Waals surface area (Å²) < 4.78 is 0. The van der Waals surface area contributed by atoms with Gasteiger partial charge in [-0.05, 0) is 37.3 Å². The van der Waals surface area contributed by atoms with Gasteiger partial charge in [0.05, 0.1) is 12.2 Å². The van der Waals surface area contributed by atoms with Crippen molar-refractivity contribution in [1.29, 1.82) is 0 Å². The number of carbonyl (C=O) groups is 2. The number of amides is 2. The lowest BCUT2D eigenvalue weighted by atomic mass is 9.98. The SMILES string of the molecule is CC(C)C.CCC(C)C(NC(=O)CCC(C)N)C(=O)NCc1ccccn1. The monoisotopic (exact) mass is 378 g/mol. The Bertz CT molecular complexity index is 529. The molecule has 154 valence electrons. The quantitative estimate of drug-likeness (QED) is 0.615. The number of nitrogens with one attached hydrogen (secondary N) is 2. The number of hydrogen-bond donors (Lipinski definition) is 3. The first-order valence-corrected chi connectivity index (χ1v) is 9.89. The van der Waals surface area contributed by atoms with E-state index in [4.69, 9.17) is 5.73 Å². The Morgan fingerprint density at radius 3 is 2.26 bits per heavy atom. The highest BCUT2D eigenvalue weighted by Gasteiger charge is 2.25. The van der Waals surface area contributed by atoms with E-state index < -0.39 is 6.04 Å². The van der Waals surface area contributed by atoms with E-state index >= 15 is 0 Å². The highest BCUT2D eigenvalue weighted by Crippen LogP contribution is 2.09. The Kier molecular flexibility index (Phi) is 13.1. The van der Waals surface area contributed by atoms with Crippen LogP contribution in [0.5, 0.6) is 0 Å². The number of pyridine rings is 1. The average molecular weight is 379 g/mol. The second-order valence-corrected chi connectivity index (χ2v) is 7.72. The first kappa shape index (κ1) is 25.1. The van der Waals surface area contributed by atoms with Crippen LogP contribution in [0.15, 0.2) is 24.4 Å². The molecule has 27 heavy (non-hydrogen) atoms. The molecule has 1 heterocycles. The van der Waals surface area contributed by atoms with Crippen LogP contribution in [-0.2, 0) is 16.1 Å². The smallest absolute Gasteiger partial charge is 0.243 e. The summed E-state index contributed by atoms with van der Waals surface area (Å²) in [7, 11) is 0. The maximum absolute atomic E-state index is 12.4. The molecule has 1 rings (SSSR count). The largest absolute Gasteiger partial charge is 0.349 e. The van der Waals surface area contributed by atoms with Crippen molar-refractivity contribution in [2.75, 3.05) is 0 Å². The molecule has 0 saturated carbocycles. The molecule has 0 aliphatic rings. The van der Waals surface area contributed by atoms with Crippen LogP contribution in [0.4, 0.5) is 0 Å². The molecule has 0 spiro atoms. The lowest BCUT2D eigenvalue weighted by molar-refractivity contribution is -0.130. The second-order valence-electron chi connectivity index (χ2n) is 7.72. The van der Waals surface area contributed by atoms with Gasteiger partial charge in [-0.1, -0.05) is 47.1 Å². The van der Waals surface area contributed by atoms with Crippen molar-refractivity contribution in [3.63, 3.8) is 0 Å². The van der Waals surface area contributed by atoms with Crippen molar-refractivity contribution < 1.29 is 9.59 Å². The number of rotatable bonds is 9. The molecule has 0 fully saturated rings. The highest BCUT2D eigenvalue weighted by molar-refractivity contribution is 5.87. The van der Waals surface area contributed by atoms with E-state index in [0.717, 1.165) is 18.0 Å². The molecule has 0 saturated heterocycles. The van der Waals surface area contributed by atoms with E-state index in [0.29, 0.717) is 19.4 Å². The minimum absolute atomic E-state index is 0.0271. The Labute approximate surface area is 164 Å². The van der Waals surface area contributed by atoms with Gasteiger partial charge < -0.3 is 16.4 Å². The molecule has 0 radical (unpaired) electrons. The minimum atomic E-state index is -0.538. The molecule has 1 aromatic heterocycles. The summed E-state index contributed by atoms with van der Waals surface area (Å²) in [5, 5.41) is 5.68. The van der Waals surface area contributed by atoms with Gasteiger partial charge in [-0.3, -0.25) is 14.6 Å². The third-order valence-electron chi connectivity index (χ3n) is 3.81. The van der Waals surface area contributed by atoms with Crippen LogP contribution in [0.25, 0.3) is 0 Å². The third kappa shape index (κ3) is 12.9. The molecule has 0 aliphatic carbocycles. The predicted molar refractivity (Wildman–Crippen MR) is 111 cm³/mol. The van der Waals surface area contributed by atoms with Crippen molar-refractivity contribution in [1.82, 2.24) is 15.6 Å². The van der Waals surface area contributed by atoms with Crippen LogP contribution in [0, 0.1) is 11.8 Å². The molecular formula is C21H38N4O2. The maximum Gasteiger partial charge on any atom is 0.243 e. The summed E-state index contributed by atoms with van der Waals surface area (Å²) in [5.74, 6) is 0.567. The van der Waals surface area contributed by atoms with Crippen molar-refractivity contribution in [2.45, 2.75) is 79.4 Å². The van der Waals surface area contributed by atoms with E-state index in [2.05, 4.69) is 36.4 Å². The second kappa shape index (κ2) is 14.2. The van der Waals surface area contributed by atoms with Gasteiger partial charge >= 0.3 is 0 Å². The fourth-order valence-electron chi connectivity index (χ4n) is 2.10. The predicted octanol–water partition coefficient (Wildman–Crippen LogP) is 3.02. The minimum Gasteiger partial charge on any atom is -0.349 e. The number of carbonyl (C=O) groups excluding carboxylic acids is 2. The van der Waals surface area contributed by atoms with Gasteiger partial charge in [0.15, 0.2) is 0 Å². The van der Waals surface area contributed by atoms with Crippen molar-refractivity contribution in [2.24, 2.45) is 17.6 Å². The zero-order valence-electron chi connectivity index (χ0n) is 17.8. The van der Waals surface area contributed by atoms with Crippen molar-refractivity contribution >= 4 is 11.8 Å². The van der Waals surface area contributed by atoms with E-state index in [9.17, 15) is 9.59 Å². The molecule has 0 aliphatic heterocycles. The van der Waals surface area contributed by atoms with Gasteiger partial charge in [0.2, 0.25) is 11.8 Å². The van der Waals surface area contributed by atoms with Gasteiger partial charge in [0.25, 0.3) is 0 Å². The molecule has 6 heteroatoms. The van der Waals surface area contributed by atoms with E-state index in [1.165, 1.54) is 0 Å². The lowest BCUT2D eigenvalue weighted by Crippen LogP contribution is -2.50. The Hall–Kier alpha value is -1.95. The van der Waals surface area contributed by atoms with Crippen molar-refractivity contribution in [3.05, 3.63) is 30.1 Å². The number of nitrogens with zero attached hydrogens (tertiary/aromatic N) is 1. The van der Waals surface area contributed by atoms with Gasteiger partial charge in [0, 0.05) is 18.7 Å². The first-order chi connectivity index (χ1) is 12.7. The Morgan fingerprint density at radius 2 is 1.78 bits per heavy atom. The van der Waals surface area contributed by atoms with E-state index in [1.54, 1.807) is 6.20 Å². The van der Waals surface area contributed by atoms with E-state index in [1.807, 2.05) is 39.0 Å². The average Bonchev–Trinajstić information content (AvgIpc) is 2.62. The summed E-state index contributed by atoms with van der Waals surface area (Å²) in [5.41, 5.74) is 6.45. The van der Waals surface area contributed by atoms with Gasteiger partial charge in [-0.15, -0.1) is 0 Å². The first-order valence-electron chi connectivity index (χ1n) is 9.89. The van der Waals surface area contributed by atoms with Crippen molar-refractivity contribution in [3.8, 4) is 0 Å². The molecule has 3 unspecified atom stereocenters. The Morgan fingerprint density at radius 1 is 1.15 bits per heavy atom. The third-order valence-corrected chi connectivity index (χ3v) is 3.81. The fourth-order valence-corrected chi connectivity index (χ4v) is 2.10. The molecule has 0 aromatic carbocycles. The molecule has 6 nitrogen and oxygen atoms in total. The van der Waals surface area contributed by atoms with Crippen LogP contribution in [-0.4, -0.2) is 28.9 Å². The number of aromatic nitrogens is 1. The molecular weight excluding hydrogens is 340 g/mol. The summed E-state index contributed by atoms with van der Waals surface area (Å²) in [6.45, 7) is 12.7. The fraction of sp³-hybridized carbons (Fsp3) is 0.667. The van der Waals surface area contributed by atoms with Gasteiger partial charge in [0.1, 0.15) is 6.04 Å². The summed E-state index contributed by atoms with van der Waals surface area (Å²) >= 11 is 0. The van der Waals surface area contributed by atoms with Crippen LogP contribution in [0.3, 0.4) is 0 Å². The van der Waals surface area contributed by atoms with Crippen LogP contribution >= 0.6 is 0 Å². The standard InChI is InChI=1S/C17H28N4O2.C4H10/c1-4-12(2)16(21-15(22)9-8-13(3)18)17(23)20-11-14-7-5-6-10-19-14;1-4(2)3/h5-7,10,12-13,16H,4,8-9,11,18H2,1-3H3,(H,20,23)(H,21,22);4H,1-3H3. The molecule has 4 N–H and O–H groups in total. The Balaban J connectivity index is 0.00000153. The van der Waals surface area contributed by atoms with E-state index in [-0.39, 0.29) is 23.8 Å². The number of hydrogen-bond acceptors (Lipinski definition) is 4. The normalized spacial score (nSPS) is 13.8. The summed E-state index contributed by atoms with van der Waals surface area (Å²) in [6.07, 6.45) is 3.42. The molecule has 3 atom stereocenters. The number of nitrogens with two attached hydrogens (primary N) is 1. The van der Waals surface area contributed by atoms with Gasteiger partial charge in [-0.25, -0.2) is 0 Å². The van der Waals surface area contributed by atoms with Gasteiger partial charge in [-0.2, -0.15) is 0 Å². The van der Waals surface area contributed by atoms with Crippen LogP contribution < -0.4 is 16.4 Å². The lowest BCUT2D eigenvalue weighted by Gasteiger charge is -2.23. The topological polar surface area (TPSA) is 97.1 Å². The zero-order chi connectivity index (χ0) is 20.8. The van der Waals surface area contributed by atoms with Crippen LogP contribution in [0.2, 0.25) is 0 Å². The van der Waals surface area contributed by atoms with Crippen LogP contribution in [0.1, 0.15) is 66.5 Å². The zero-order valence-corrected chi connectivity index (χ0v) is 17.8. The highest BCUT2D eigenvalue weighted by atomic mass is 16.2. The maximum atomic E-state index is 12.4. The summed E-state index contributed by atoms with van der Waals surface area (Å²) in [4.78, 5) is 28.6.